The van der Waals surface area contributed by atoms with Gasteiger partial charge >= 0.3 is 0 Å². The van der Waals surface area contributed by atoms with Gasteiger partial charge in [-0.2, -0.15) is 5.10 Å². The molecule has 0 unspecified atom stereocenters. The van der Waals surface area contributed by atoms with E-state index in [0.29, 0.717) is 23.1 Å². The van der Waals surface area contributed by atoms with Crippen LogP contribution in [0.4, 0.5) is 0 Å². The Balaban J connectivity index is 1.78. The molecule has 1 aliphatic heterocycles. The Bertz CT molecular complexity index is 900. The third-order valence-electron chi connectivity index (χ3n) is 6.72. The van der Waals surface area contributed by atoms with Gasteiger partial charge in [-0.15, -0.1) is 0 Å². The molecule has 0 aliphatic carbocycles. The van der Waals surface area contributed by atoms with Gasteiger partial charge in [-0.25, -0.2) is 4.52 Å². The van der Waals surface area contributed by atoms with Crippen LogP contribution in [0.1, 0.15) is 92.6 Å². The minimum atomic E-state index is 0.0759. The maximum atomic E-state index is 13.4. The number of fused-ring (bicyclic) bond motifs is 1. The second-order valence-electron chi connectivity index (χ2n) is 10.4. The molecule has 0 saturated carbocycles. The van der Waals surface area contributed by atoms with Crippen molar-refractivity contribution in [1.82, 2.24) is 19.4 Å². The van der Waals surface area contributed by atoms with Crippen LogP contribution in [0.15, 0.2) is 18.3 Å². The summed E-state index contributed by atoms with van der Waals surface area (Å²) in [6.45, 7) is 13.7. The molecule has 2 aromatic heterocycles. The van der Waals surface area contributed by atoms with E-state index in [1.54, 1.807) is 4.52 Å². The lowest BCUT2D eigenvalue weighted by atomic mass is 10.0. The quantitative estimate of drug-likeness (QED) is 0.419. The van der Waals surface area contributed by atoms with Crippen molar-refractivity contribution >= 4 is 17.7 Å². The Hall–Kier alpha value is -2.21. The van der Waals surface area contributed by atoms with Crippen LogP contribution < -0.4 is 0 Å². The zero-order chi connectivity index (χ0) is 23.8. The Labute approximate surface area is 199 Å². The van der Waals surface area contributed by atoms with Crippen molar-refractivity contribution in [2.75, 3.05) is 32.7 Å². The molecule has 0 radical (unpaired) electrons. The summed E-state index contributed by atoms with van der Waals surface area (Å²) >= 11 is 0. The van der Waals surface area contributed by atoms with Crippen molar-refractivity contribution < 1.29 is 9.59 Å². The average Bonchev–Trinajstić information content (AvgIpc) is 3.16. The van der Waals surface area contributed by atoms with Gasteiger partial charge in [0.1, 0.15) is 5.69 Å². The average molecular weight is 455 g/mol. The summed E-state index contributed by atoms with van der Waals surface area (Å²) in [5.74, 6) is 1.18. The monoisotopic (exact) mass is 454 g/mol. The van der Waals surface area contributed by atoms with E-state index in [2.05, 4.69) is 37.7 Å². The molecule has 0 N–H and O–H groups in total. The molecule has 3 rings (SSSR count). The highest BCUT2D eigenvalue weighted by Gasteiger charge is 2.20. The van der Waals surface area contributed by atoms with Crippen LogP contribution in [-0.2, 0) is 6.42 Å². The standard InChI is InChI=1S/C27H42N4O2/c1-21(2)10-16-30(17-11-22(3)4)27(33)23-12-18-31-26(19-23)24(25(20-32)28-31)9-8-15-29-13-6-5-7-14-29/h12,18-22H,5-11,13-17H2,1-4H3. The van der Waals surface area contributed by atoms with E-state index in [0.717, 1.165) is 62.7 Å². The van der Waals surface area contributed by atoms with Crippen LogP contribution in [0.5, 0.6) is 0 Å². The minimum absolute atomic E-state index is 0.0759. The number of amides is 1. The molecule has 33 heavy (non-hydrogen) atoms. The zero-order valence-electron chi connectivity index (χ0n) is 21.1. The van der Waals surface area contributed by atoms with Crippen LogP contribution in [0.25, 0.3) is 5.52 Å². The van der Waals surface area contributed by atoms with E-state index in [1.165, 1.54) is 32.4 Å². The fourth-order valence-electron chi connectivity index (χ4n) is 4.58. The molecular weight excluding hydrogens is 412 g/mol. The number of aryl methyl sites for hydroxylation is 1. The summed E-state index contributed by atoms with van der Waals surface area (Å²) in [7, 11) is 0. The summed E-state index contributed by atoms with van der Waals surface area (Å²) < 4.78 is 1.75. The zero-order valence-corrected chi connectivity index (χ0v) is 21.1. The molecular formula is C27H42N4O2. The molecule has 6 heteroatoms. The van der Waals surface area contributed by atoms with Crippen LogP contribution in [0, 0.1) is 11.8 Å². The largest absolute Gasteiger partial charge is 0.339 e. The topological polar surface area (TPSA) is 57.9 Å². The van der Waals surface area contributed by atoms with Crippen molar-refractivity contribution in [3.05, 3.63) is 35.2 Å². The second-order valence-corrected chi connectivity index (χ2v) is 10.4. The molecule has 0 aromatic carbocycles. The van der Waals surface area contributed by atoms with E-state index in [-0.39, 0.29) is 5.91 Å². The van der Waals surface area contributed by atoms with Crippen LogP contribution in [0.2, 0.25) is 0 Å². The van der Waals surface area contributed by atoms with Gasteiger partial charge in [-0.3, -0.25) is 9.59 Å². The number of likely N-dealkylation sites (tertiary alicyclic amines) is 1. The maximum absolute atomic E-state index is 13.4. The summed E-state index contributed by atoms with van der Waals surface area (Å²) in [6, 6.07) is 3.78. The van der Waals surface area contributed by atoms with Crippen LogP contribution in [-0.4, -0.2) is 64.3 Å². The predicted octanol–water partition coefficient (Wildman–Crippen LogP) is 5.10. The smallest absolute Gasteiger partial charge is 0.253 e. The lowest BCUT2D eigenvalue weighted by molar-refractivity contribution is 0.0740. The SMILES string of the molecule is CC(C)CCN(CCC(C)C)C(=O)c1ccn2nc(C=O)c(CCCN3CCCCC3)c2c1. The van der Waals surface area contributed by atoms with Gasteiger partial charge in [0.15, 0.2) is 6.29 Å². The van der Waals surface area contributed by atoms with E-state index in [1.807, 2.05) is 23.2 Å². The highest BCUT2D eigenvalue weighted by Crippen LogP contribution is 2.21. The number of nitrogens with zero attached hydrogens (tertiary/aromatic N) is 4. The van der Waals surface area contributed by atoms with E-state index in [9.17, 15) is 9.59 Å². The Morgan fingerprint density at radius 1 is 1.09 bits per heavy atom. The van der Waals surface area contributed by atoms with Crippen molar-refractivity contribution in [1.29, 1.82) is 0 Å². The second kappa shape index (κ2) is 12.3. The molecule has 1 fully saturated rings. The predicted molar refractivity (Wildman–Crippen MR) is 134 cm³/mol. The van der Waals surface area contributed by atoms with Gasteiger partial charge < -0.3 is 9.80 Å². The number of hydrogen-bond donors (Lipinski definition) is 0. The van der Waals surface area contributed by atoms with Crippen LogP contribution >= 0.6 is 0 Å². The first-order valence-electron chi connectivity index (χ1n) is 12.9. The lowest BCUT2D eigenvalue weighted by Crippen LogP contribution is -2.34. The fraction of sp³-hybridized carbons (Fsp3) is 0.667. The van der Waals surface area contributed by atoms with Gasteiger partial charge in [-0.1, -0.05) is 34.1 Å². The summed E-state index contributed by atoms with van der Waals surface area (Å²) in [5.41, 5.74) is 3.03. The van der Waals surface area contributed by atoms with Gasteiger partial charge in [-0.05, 0) is 82.1 Å². The summed E-state index contributed by atoms with van der Waals surface area (Å²) in [6.07, 6.45) is 10.4. The van der Waals surface area contributed by atoms with Gasteiger partial charge in [0.2, 0.25) is 0 Å². The number of hydrogen-bond acceptors (Lipinski definition) is 4. The molecule has 1 saturated heterocycles. The highest BCUT2D eigenvalue weighted by atomic mass is 16.2. The third-order valence-corrected chi connectivity index (χ3v) is 6.72. The number of piperidine rings is 1. The van der Waals surface area contributed by atoms with Crippen molar-refractivity contribution in [3.63, 3.8) is 0 Å². The van der Waals surface area contributed by atoms with Crippen LogP contribution in [0.3, 0.4) is 0 Å². The van der Waals surface area contributed by atoms with Gasteiger partial charge in [0.25, 0.3) is 5.91 Å². The molecule has 0 spiro atoms. The maximum Gasteiger partial charge on any atom is 0.253 e. The molecule has 1 aliphatic rings. The first-order chi connectivity index (χ1) is 15.9. The number of pyridine rings is 1. The summed E-state index contributed by atoms with van der Waals surface area (Å²) in [4.78, 5) is 29.7. The van der Waals surface area contributed by atoms with Gasteiger partial charge in [0, 0.05) is 30.4 Å². The lowest BCUT2D eigenvalue weighted by Gasteiger charge is -2.26. The Morgan fingerprint density at radius 2 is 1.76 bits per heavy atom. The van der Waals surface area contributed by atoms with E-state index >= 15 is 0 Å². The van der Waals surface area contributed by atoms with Gasteiger partial charge in [0.05, 0.1) is 5.52 Å². The molecule has 3 heterocycles. The number of carbonyl (C=O) groups is 2. The molecule has 0 bridgehead atoms. The Morgan fingerprint density at radius 3 is 2.36 bits per heavy atom. The first kappa shape index (κ1) is 25.4. The van der Waals surface area contributed by atoms with Crippen molar-refractivity contribution in [2.45, 2.75) is 72.6 Å². The van der Waals surface area contributed by atoms with E-state index in [4.69, 9.17) is 0 Å². The fourth-order valence-corrected chi connectivity index (χ4v) is 4.58. The number of carbonyl (C=O) groups excluding carboxylic acids is 2. The number of aromatic nitrogens is 2. The molecule has 1 amide bonds. The Kier molecular flexibility index (Phi) is 9.48. The van der Waals surface area contributed by atoms with Crippen molar-refractivity contribution in [3.8, 4) is 0 Å². The first-order valence-corrected chi connectivity index (χ1v) is 12.9. The molecule has 2 aromatic rings. The molecule has 6 nitrogen and oxygen atoms in total. The number of rotatable bonds is 12. The summed E-state index contributed by atoms with van der Waals surface area (Å²) in [5, 5.41) is 4.47. The normalized spacial score (nSPS) is 15.0. The number of aldehydes is 1. The third kappa shape index (κ3) is 7.13. The van der Waals surface area contributed by atoms with E-state index < -0.39 is 0 Å². The molecule has 0 atom stereocenters. The highest BCUT2D eigenvalue weighted by molar-refractivity contribution is 5.96. The molecule has 182 valence electrons. The minimum Gasteiger partial charge on any atom is -0.339 e. The van der Waals surface area contributed by atoms with Crippen molar-refractivity contribution in [2.24, 2.45) is 11.8 Å².